The molecule has 2 N–H and O–H groups in total. The number of carbonyl (C=O) groups excluding carboxylic acids is 1. The van der Waals surface area contributed by atoms with Crippen LogP contribution in [-0.4, -0.2) is 45.8 Å². The van der Waals surface area contributed by atoms with Crippen molar-refractivity contribution in [1.82, 2.24) is 19.6 Å². The average Bonchev–Trinajstić information content (AvgIpc) is 3.37. The Morgan fingerprint density at radius 3 is 2.62 bits per heavy atom. The van der Waals surface area contributed by atoms with Gasteiger partial charge in [0.25, 0.3) is 5.91 Å². The van der Waals surface area contributed by atoms with E-state index >= 15 is 0 Å². The second kappa shape index (κ2) is 12.0. The first-order chi connectivity index (χ1) is 20.2. The Bertz CT molecular complexity index is 1750. The monoisotopic (exact) mass is 578 g/mol. The predicted octanol–water partition coefficient (Wildman–Crippen LogP) is 6.63. The highest BCUT2D eigenvalue weighted by Crippen LogP contribution is 2.35. The van der Waals surface area contributed by atoms with Crippen molar-refractivity contribution in [3.63, 3.8) is 0 Å². The van der Waals surface area contributed by atoms with E-state index in [9.17, 15) is 22.4 Å². The van der Waals surface area contributed by atoms with Crippen LogP contribution >= 0.6 is 0 Å². The molecule has 3 heterocycles. The topological polar surface area (TPSA) is 93.4 Å². The molecule has 0 atom stereocenters. The summed E-state index contributed by atoms with van der Waals surface area (Å²) >= 11 is 0. The number of nitrogens with one attached hydrogen (secondary N) is 2. The zero-order valence-electron chi connectivity index (χ0n) is 22.7. The fraction of sp³-hybridized carbons (Fsp3) is 0.200. The number of rotatable bonds is 9. The van der Waals surface area contributed by atoms with Gasteiger partial charge >= 0.3 is 6.18 Å². The summed E-state index contributed by atoms with van der Waals surface area (Å²) in [5, 5.41) is 10.4. The number of pyridine rings is 1. The van der Waals surface area contributed by atoms with Crippen molar-refractivity contribution in [2.75, 3.05) is 30.9 Å². The minimum absolute atomic E-state index is 0.111. The first kappa shape index (κ1) is 28.7. The number of imidazole rings is 1. The molecule has 0 saturated carbocycles. The van der Waals surface area contributed by atoms with Gasteiger partial charge in [-0.25, -0.2) is 18.9 Å². The molecule has 0 aliphatic heterocycles. The molecule has 0 unspecified atom stereocenters. The van der Waals surface area contributed by atoms with Crippen molar-refractivity contribution in [1.29, 1.82) is 0 Å². The largest absolute Gasteiger partial charge is 0.416 e. The van der Waals surface area contributed by atoms with Crippen LogP contribution in [0.15, 0.2) is 73.1 Å². The Balaban J connectivity index is 1.56. The highest BCUT2D eigenvalue weighted by molar-refractivity contribution is 6.04. The van der Waals surface area contributed by atoms with Gasteiger partial charge in [0.05, 0.1) is 23.1 Å². The molecule has 0 bridgehead atoms. The van der Waals surface area contributed by atoms with E-state index in [0.29, 0.717) is 46.9 Å². The number of amides is 1. The zero-order valence-corrected chi connectivity index (χ0v) is 22.7. The smallest absolute Gasteiger partial charge is 0.385 e. The molecule has 12 heteroatoms. The summed E-state index contributed by atoms with van der Waals surface area (Å²) in [4.78, 5) is 21.9. The molecule has 5 rings (SSSR count). The number of carbonyl (C=O) groups is 1. The summed E-state index contributed by atoms with van der Waals surface area (Å²) < 4.78 is 60.4. The second-order valence-corrected chi connectivity index (χ2v) is 9.49. The van der Waals surface area contributed by atoms with E-state index in [1.54, 1.807) is 55.1 Å². The van der Waals surface area contributed by atoms with Crippen LogP contribution in [0, 0.1) is 12.7 Å². The number of hydrogen-bond acceptors (Lipinski definition) is 6. The molecule has 2 aromatic carbocycles. The van der Waals surface area contributed by atoms with Gasteiger partial charge in [-0.05, 0) is 73.5 Å². The molecule has 1 amide bonds. The molecule has 0 fully saturated rings. The lowest BCUT2D eigenvalue weighted by molar-refractivity contribution is -0.137. The number of alkyl halides is 3. The number of anilines is 2. The number of nitrogens with zero attached hydrogens (tertiary/aromatic N) is 4. The average molecular weight is 579 g/mol. The standard InChI is InChI=1S/C30H26F4N6O2/c1-18-15-19(7-8-23(18)31)26-27(40-28(39-26)24(10-13-37-40)35-11-4-14-42-2)20-9-12-36-25(17-20)38-29(41)21-5-3-6-22(16-21)30(32,33)34/h3,5-10,12-13,15-17,35H,4,11,14H2,1-2H3,(H,36,38,41). The third kappa shape index (κ3) is 6.08. The maximum atomic E-state index is 14.1. The van der Waals surface area contributed by atoms with E-state index in [4.69, 9.17) is 9.72 Å². The van der Waals surface area contributed by atoms with E-state index < -0.39 is 17.6 Å². The highest BCUT2D eigenvalue weighted by Gasteiger charge is 2.31. The summed E-state index contributed by atoms with van der Waals surface area (Å²) in [5.41, 5.74) is 2.85. The summed E-state index contributed by atoms with van der Waals surface area (Å²) in [6.07, 6.45) is -0.740. The number of benzene rings is 2. The number of aromatic nitrogens is 4. The van der Waals surface area contributed by atoms with Gasteiger partial charge in [0, 0.05) is 43.1 Å². The third-order valence-electron chi connectivity index (χ3n) is 6.52. The van der Waals surface area contributed by atoms with Gasteiger partial charge in [-0.15, -0.1) is 0 Å². The number of aryl methyl sites for hydroxylation is 1. The van der Waals surface area contributed by atoms with Gasteiger partial charge in [-0.3, -0.25) is 4.79 Å². The first-order valence-electron chi connectivity index (χ1n) is 13.0. The second-order valence-electron chi connectivity index (χ2n) is 9.49. The molecule has 5 aromatic rings. The van der Waals surface area contributed by atoms with Crippen LogP contribution in [0.4, 0.5) is 29.1 Å². The van der Waals surface area contributed by atoms with E-state index in [2.05, 4.69) is 20.7 Å². The quantitative estimate of drug-likeness (QED) is 0.151. The predicted molar refractivity (Wildman–Crippen MR) is 151 cm³/mol. The Morgan fingerprint density at radius 1 is 1.02 bits per heavy atom. The Morgan fingerprint density at radius 2 is 1.86 bits per heavy atom. The van der Waals surface area contributed by atoms with E-state index in [0.717, 1.165) is 24.2 Å². The summed E-state index contributed by atoms with van der Waals surface area (Å²) in [5.74, 6) is -0.995. The summed E-state index contributed by atoms with van der Waals surface area (Å²) in [7, 11) is 1.63. The van der Waals surface area contributed by atoms with Gasteiger partial charge in [-0.2, -0.15) is 18.3 Å². The van der Waals surface area contributed by atoms with E-state index in [1.807, 2.05) is 0 Å². The lowest BCUT2D eigenvalue weighted by atomic mass is 10.0. The third-order valence-corrected chi connectivity index (χ3v) is 6.52. The normalized spacial score (nSPS) is 11.6. The number of fused-ring (bicyclic) bond motifs is 1. The SMILES string of the molecule is COCCCNc1ccnn2c(-c3ccnc(NC(=O)c4cccc(C(F)(F)F)c4)c3)c(-c3ccc(F)c(C)c3)nc12. The van der Waals surface area contributed by atoms with Gasteiger partial charge in [0.2, 0.25) is 0 Å². The van der Waals surface area contributed by atoms with Crippen LogP contribution < -0.4 is 10.6 Å². The molecule has 0 saturated heterocycles. The minimum Gasteiger partial charge on any atom is -0.385 e. The van der Waals surface area contributed by atoms with Crippen molar-refractivity contribution in [3.05, 3.63) is 95.6 Å². The Hall–Kier alpha value is -4.84. The van der Waals surface area contributed by atoms with Crippen molar-refractivity contribution in [2.24, 2.45) is 0 Å². The summed E-state index contributed by atoms with van der Waals surface area (Å²) in [6.45, 7) is 2.87. The van der Waals surface area contributed by atoms with Gasteiger partial charge in [0.15, 0.2) is 5.65 Å². The van der Waals surface area contributed by atoms with Crippen LogP contribution in [0.3, 0.4) is 0 Å². The van der Waals surface area contributed by atoms with Crippen molar-refractivity contribution < 1.29 is 27.1 Å². The van der Waals surface area contributed by atoms with Crippen LogP contribution in [0.25, 0.3) is 28.2 Å². The van der Waals surface area contributed by atoms with E-state index in [1.165, 1.54) is 24.4 Å². The Labute approximate surface area is 238 Å². The fourth-order valence-corrected chi connectivity index (χ4v) is 4.45. The molecule has 3 aromatic heterocycles. The van der Waals surface area contributed by atoms with Gasteiger partial charge in [0.1, 0.15) is 17.3 Å². The maximum Gasteiger partial charge on any atom is 0.416 e. The Kier molecular flexibility index (Phi) is 8.16. The first-order valence-corrected chi connectivity index (χ1v) is 13.0. The molecular formula is C30H26F4N6O2. The van der Waals surface area contributed by atoms with Crippen molar-refractivity contribution in [3.8, 4) is 22.5 Å². The summed E-state index contributed by atoms with van der Waals surface area (Å²) in [6, 6.07) is 13.9. The lowest BCUT2D eigenvalue weighted by Crippen LogP contribution is -2.14. The van der Waals surface area contributed by atoms with Crippen LogP contribution in [0.2, 0.25) is 0 Å². The highest BCUT2D eigenvalue weighted by atomic mass is 19.4. The maximum absolute atomic E-state index is 14.1. The number of halogens is 4. The molecule has 8 nitrogen and oxygen atoms in total. The number of hydrogen-bond donors (Lipinski definition) is 2. The molecular weight excluding hydrogens is 552 g/mol. The minimum atomic E-state index is -4.59. The number of ether oxygens (including phenoxy) is 1. The van der Waals surface area contributed by atoms with Crippen LogP contribution in [-0.2, 0) is 10.9 Å². The molecule has 0 radical (unpaired) electrons. The van der Waals surface area contributed by atoms with Crippen molar-refractivity contribution >= 4 is 23.1 Å². The van der Waals surface area contributed by atoms with Crippen molar-refractivity contribution in [2.45, 2.75) is 19.5 Å². The molecule has 42 heavy (non-hydrogen) atoms. The molecule has 216 valence electrons. The zero-order chi connectivity index (χ0) is 29.9. The van der Waals surface area contributed by atoms with Crippen LogP contribution in [0.5, 0.6) is 0 Å². The fourth-order valence-electron chi connectivity index (χ4n) is 4.45. The molecule has 0 aliphatic carbocycles. The van der Waals surface area contributed by atoms with E-state index in [-0.39, 0.29) is 17.2 Å². The van der Waals surface area contributed by atoms with Crippen LogP contribution in [0.1, 0.15) is 27.9 Å². The van der Waals surface area contributed by atoms with Gasteiger partial charge in [-0.1, -0.05) is 6.07 Å². The lowest BCUT2D eigenvalue weighted by Gasteiger charge is -2.11. The number of methoxy groups -OCH3 is 1. The van der Waals surface area contributed by atoms with Gasteiger partial charge < -0.3 is 15.4 Å². The molecule has 0 aliphatic rings. The molecule has 0 spiro atoms.